The third-order valence-electron chi connectivity index (χ3n) is 4.61. The van der Waals surface area contributed by atoms with Gasteiger partial charge in [0.1, 0.15) is 0 Å². The van der Waals surface area contributed by atoms with Crippen molar-refractivity contribution in [3.05, 3.63) is 36.4 Å². The molecule has 24 heavy (non-hydrogen) atoms. The Hall–Kier alpha value is -1.79. The largest absolute Gasteiger partial charge is 0.396 e. The van der Waals surface area contributed by atoms with E-state index in [0.29, 0.717) is 6.54 Å². The second-order valence-electron chi connectivity index (χ2n) is 6.28. The van der Waals surface area contributed by atoms with Gasteiger partial charge in [0.15, 0.2) is 0 Å². The smallest absolute Gasteiger partial charge is 0.227 e. The highest BCUT2D eigenvalue weighted by molar-refractivity contribution is 7.98. The van der Waals surface area contributed by atoms with Crippen LogP contribution in [-0.4, -0.2) is 42.4 Å². The molecule has 0 saturated carbocycles. The van der Waals surface area contributed by atoms with Crippen LogP contribution in [0.3, 0.4) is 0 Å². The van der Waals surface area contributed by atoms with Gasteiger partial charge in [-0.2, -0.15) is 0 Å². The molecule has 1 aliphatic carbocycles. The van der Waals surface area contributed by atoms with Crippen LogP contribution in [0.2, 0.25) is 0 Å². The Morgan fingerprint density at radius 2 is 2.08 bits per heavy atom. The normalized spacial score (nSPS) is 26.2. The van der Waals surface area contributed by atoms with Crippen LogP contribution in [0.4, 0.5) is 5.69 Å². The van der Waals surface area contributed by atoms with Crippen molar-refractivity contribution in [2.24, 2.45) is 11.8 Å². The molecule has 1 heterocycles. The number of carbonyl (C=O) groups excluding carboxylic acids is 2. The quantitative estimate of drug-likeness (QED) is 0.630. The van der Waals surface area contributed by atoms with E-state index < -0.39 is 0 Å². The van der Waals surface area contributed by atoms with Gasteiger partial charge in [-0.3, -0.25) is 9.59 Å². The second-order valence-corrected chi connectivity index (χ2v) is 7.16. The first-order chi connectivity index (χ1) is 11.6. The first-order valence-electron chi connectivity index (χ1n) is 8.14. The summed E-state index contributed by atoms with van der Waals surface area (Å²) < 4.78 is 0. The van der Waals surface area contributed by atoms with Crippen molar-refractivity contribution in [1.29, 1.82) is 0 Å². The Bertz CT molecular complexity index is 644. The van der Waals surface area contributed by atoms with E-state index in [2.05, 4.69) is 5.32 Å². The summed E-state index contributed by atoms with van der Waals surface area (Å²) >= 11 is 1.65. The molecule has 1 unspecified atom stereocenters. The Morgan fingerprint density at radius 1 is 1.33 bits per heavy atom. The number of amides is 2. The Labute approximate surface area is 146 Å². The summed E-state index contributed by atoms with van der Waals surface area (Å²) in [6, 6.07) is 7.78. The lowest BCUT2D eigenvalue weighted by molar-refractivity contribution is -0.126. The summed E-state index contributed by atoms with van der Waals surface area (Å²) in [5.41, 5.74) is 0.842. The summed E-state index contributed by atoms with van der Waals surface area (Å²) in [7, 11) is 0. The minimum Gasteiger partial charge on any atom is -0.396 e. The molecule has 2 aliphatic rings. The first-order valence-corrected chi connectivity index (χ1v) is 9.37. The van der Waals surface area contributed by atoms with Crippen molar-refractivity contribution in [2.75, 3.05) is 24.3 Å². The maximum Gasteiger partial charge on any atom is 0.227 e. The molecular formula is C18H22N2O3S. The zero-order valence-corrected chi connectivity index (χ0v) is 14.5. The number of aliphatic hydroxyl groups is 1. The van der Waals surface area contributed by atoms with Crippen molar-refractivity contribution in [2.45, 2.75) is 23.8 Å². The number of carbonyl (C=O) groups is 2. The molecule has 5 nitrogen and oxygen atoms in total. The minimum absolute atomic E-state index is 0.0118. The predicted molar refractivity (Wildman–Crippen MR) is 94.9 cm³/mol. The number of nitrogens with one attached hydrogen (secondary N) is 1. The highest BCUT2D eigenvalue weighted by Gasteiger charge is 2.36. The molecule has 1 aromatic rings. The molecule has 6 heteroatoms. The minimum atomic E-state index is -0.320. The van der Waals surface area contributed by atoms with Crippen molar-refractivity contribution < 1.29 is 14.7 Å². The van der Waals surface area contributed by atoms with Crippen LogP contribution >= 0.6 is 11.8 Å². The number of thioether (sulfide) groups is 1. The van der Waals surface area contributed by atoms with E-state index in [1.807, 2.05) is 42.7 Å². The molecule has 0 spiro atoms. The maximum atomic E-state index is 12.4. The van der Waals surface area contributed by atoms with Gasteiger partial charge in [0, 0.05) is 42.1 Å². The number of benzene rings is 1. The summed E-state index contributed by atoms with van der Waals surface area (Å²) in [6.45, 7) is 0.522. The van der Waals surface area contributed by atoms with Gasteiger partial charge in [0.05, 0.1) is 5.92 Å². The van der Waals surface area contributed by atoms with Gasteiger partial charge >= 0.3 is 0 Å². The maximum absolute atomic E-state index is 12.4. The van der Waals surface area contributed by atoms with Gasteiger partial charge in [-0.15, -0.1) is 11.8 Å². The average Bonchev–Trinajstić information content (AvgIpc) is 3.21. The fourth-order valence-corrected chi connectivity index (χ4v) is 3.62. The van der Waals surface area contributed by atoms with Crippen LogP contribution in [0.5, 0.6) is 0 Å². The highest BCUT2D eigenvalue weighted by Crippen LogP contribution is 2.27. The lowest BCUT2D eigenvalue weighted by Crippen LogP contribution is -2.38. The van der Waals surface area contributed by atoms with E-state index in [0.717, 1.165) is 17.0 Å². The zero-order chi connectivity index (χ0) is 17.1. The number of rotatable bonds is 5. The van der Waals surface area contributed by atoms with Crippen LogP contribution in [0.15, 0.2) is 41.3 Å². The van der Waals surface area contributed by atoms with E-state index in [1.165, 1.54) is 0 Å². The molecule has 128 valence electrons. The van der Waals surface area contributed by atoms with Crippen LogP contribution in [-0.2, 0) is 9.59 Å². The van der Waals surface area contributed by atoms with E-state index in [4.69, 9.17) is 5.11 Å². The van der Waals surface area contributed by atoms with Crippen molar-refractivity contribution in [3.8, 4) is 0 Å². The molecule has 2 N–H and O–H groups in total. The van der Waals surface area contributed by atoms with Gasteiger partial charge in [-0.1, -0.05) is 12.2 Å². The Morgan fingerprint density at radius 3 is 2.71 bits per heavy atom. The molecule has 0 aromatic heterocycles. The van der Waals surface area contributed by atoms with Gasteiger partial charge in [-0.05, 0) is 36.9 Å². The number of anilines is 1. The van der Waals surface area contributed by atoms with Crippen LogP contribution < -0.4 is 10.2 Å². The summed E-state index contributed by atoms with van der Waals surface area (Å²) in [5.74, 6) is -0.298. The second kappa shape index (κ2) is 7.40. The van der Waals surface area contributed by atoms with Crippen molar-refractivity contribution in [1.82, 2.24) is 5.32 Å². The lowest BCUT2D eigenvalue weighted by Gasteiger charge is -2.18. The number of nitrogens with zero attached hydrogens (tertiary/aromatic N) is 1. The SMILES string of the molecule is CSc1ccc(N2CC(C(=O)N[C@@H]3C=C[C@H](CO)C3)CC2=O)cc1. The van der Waals surface area contributed by atoms with E-state index in [9.17, 15) is 9.59 Å². The highest BCUT2D eigenvalue weighted by atomic mass is 32.2. The topological polar surface area (TPSA) is 69.6 Å². The molecule has 0 bridgehead atoms. The molecule has 3 rings (SSSR count). The molecule has 0 radical (unpaired) electrons. The summed E-state index contributed by atoms with van der Waals surface area (Å²) in [5, 5.41) is 12.1. The molecule has 1 fully saturated rings. The molecule has 1 aromatic carbocycles. The molecule has 1 saturated heterocycles. The van der Waals surface area contributed by atoms with E-state index >= 15 is 0 Å². The first kappa shape index (κ1) is 17.0. The van der Waals surface area contributed by atoms with Crippen molar-refractivity contribution >= 4 is 29.3 Å². The monoisotopic (exact) mass is 346 g/mol. The van der Waals surface area contributed by atoms with Crippen LogP contribution in [0.25, 0.3) is 0 Å². The predicted octanol–water partition coefficient (Wildman–Crippen LogP) is 1.81. The summed E-state index contributed by atoms with van der Waals surface area (Å²) in [6.07, 6.45) is 6.84. The standard InChI is InChI=1S/C18H22N2O3S/c1-24-16-6-4-15(5-7-16)20-10-13(9-17(20)22)18(23)19-14-3-2-12(8-14)11-21/h2-7,12-14,21H,8-11H2,1H3,(H,19,23)/t12-,13?,14+/m0/s1. The molecule has 1 aliphatic heterocycles. The van der Waals surface area contributed by atoms with Gasteiger partial charge < -0.3 is 15.3 Å². The van der Waals surface area contributed by atoms with Gasteiger partial charge in [-0.25, -0.2) is 0 Å². The van der Waals surface area contributed by atoms with Gasteiger partial charge in [0.25, 0.3) is 0 Å². The van der Waals surface area contributed by atoms with Crippen LogP contribution in [0.1, 0.15) is 12.8 Å². The summed E-state index contributed by atoms with van der Waals surface area (Å²) in [4.78, 5) is 27.5. The Balaban J connectivity index is 1.59. The lowest BCUT2D eigenvalue weighted by atomic mass is 10.1. The number of aliphatic hydroxyl groups excluding tert-OH is 1. The Kier molecular flexibility index (Phi) is 5.26. The van der Waals surface area contributed by atoms with Crippen LogP contribution in [0, 0.1) is 11.8 Å². The van der Waals surface area contributed by atoms with Crippen molar-refractivity contribution in [3.63, 3.8) is 0 Å². The third kappa shape index (κ3) is 3.65. The average molecular weight is 346 g/mol. The number of hydrogen-bond acceptors (Lipinski definition) is 4. The molecule has 2 amide bonds. The molecular weight excluding hydrogens is 324 g/mol. The number of hydrogen-bond donors (Lipinski definition) is 2. The zero-order valence-electron chi connectivity index (χ0n) is 13.6. The van der Waals surface area contributed by atoms with E-state index in [1.54, 1.807) is 16.7 Å². The molecule has 3 atom stereocenters. The fourth-order valence-electron chi connectivity index (χ4n) is 3.21. The fraction of sp³-hybridized carbons (Fsp3) is 0.444. The van der Waals surface area contributed by atoms with Gasteiger partial charge in [0.2, 0.25) is 11.8 Å². The third-order valence-corrected chi connectivity index (χ3v) is 5.36. The van der Waals surface area contributed by atoms with E-state index in [-0.39, 0.29) is 42.7 Å².